The van der Waals surface area contributed by atoms with E-state index in [1.807, 2.05) is 0 Å². The molecule has 0 saturated carbocycles. The third kappa shape index (κ3) is 4.57. The predicted octanol–water partition coefficient (Wildman–Crippen LogP) is 9.23. The molecular weight excluding hydrogens is 494 g/mol. The minimum absolute atomic E-state index is 0.250. The second-order valence-corrected chi connectivity index (χ2v) is 11.1. The maximum absolute atomic E-state index is 13.3. The Hall–Kier alpha value is -2.13. The minimum atomic E-state index is 0.250. The molecule has 0 aliphatic carbocycles. The van der Waals surface area contributed by atoms with E-state index < -0.39 is 0 Å². The SMILES string of the molecule is CCCCc1cc(C(=O)CCBr)c2ccc3c(CCCC)cc(N4CCCCC4)c4ccc1c2c34. The maximum Gasteiger partial charge on any atom is 0.164 e. The number of carbonyl (C=O) groups excluding carboxylic acids is 1. The normalized spacial score (nSPS) is 14.5. The Bertz CT molecular complexity index is 1330. The Balaban J connectivity index is 1.86. The zero-order valence-electron chi connectivity index (χ0n) is 21.4. The standard InChI is InChI=1S/C32H38BrNO/c1-3-5-10-22-20-28(30(35)16-17-33)26-14-12-25-23(11-6-4-2)21-29(34-18-8-7-9-19-34)27-15-13-24(22)31(26)32(25)27/h12-15,20-21H,3-11,16-19H2,1-2H3. The first-order valence-electron chi connectivity index (χ1n) is 13.8. The summed E-state index contributed by atoms with van der Waals surface area (Å²) in [5, 5.41) is 8.66. The number of benzene rings is 4. The highest BCUT2D eigenvalue weighted by Gasteiger charge is 2.22. The third-order valence-electron chi connectivity index (χ3n) is 7.97. The van der Waals surface area contributed by atoms with Crippen LogP contribution in [0.25, 0.3) is 32.3 Å². The zero-order chi connectivity index (χ0) is 24.4. The molecular formula is C32H38BrNO. The molecule has 1 heterocycles. The second kappa shape index (κ2) is 10.9. The number of rotatable bonds is 10. The highest BCUT2D eigenvalue weighted by atomic mass is 79.9. The molecule has 3 heteroatoms. The lowest BCUT2D eigenvalue weighted by molar-refractivity contribution is 0.0991. The number of unbranched alkanes of at least 4 members (excludes halogenated alkanes) is 2. The summed E-state index contributed by atoms with van der Waals surface area (Å²) in [7, 11) is 0. The Kier molecular flexibility index (Phi) is 7.62. The summed E-state index contributed by atoms with van der Waals surface area (Å²) in [6.45, 7) is 6.82. The molecule has 1 fully saturated rings. The number of nitrogens with zero attached hydrogens (tertiary/aromatic N) is 1. The molecule has 1 aliphatic heterocycles. The first-order valence-corrected chi connectivity index (χ1v) is 14.9. The van der Waals surface area contributed by atoms with Crippen LogP contribution in [0.5, 0.6) is 0 Å². The highest BCUT2D eigenvalue weighted by Crippen LogP contribution is 2.44. The number of hydrogen-bond donors (Lipinski definition) is 0. The highest BCUT2D eigenvalue weighted by molar-refractivity contribution is 9.09. The zero-order valence-corrected chi connectivity index (χ0v) is 23.0. The number of Topliss-reactive ketones (excluding diaryl/α,β-unsaturated/α-hetero) is 1. The van der Waals surface area contributed by atoms with Crippen LogP contribution >= 0.6 is 15.9 Å². The molecule has 184 valence electrons. The fourth-order valence-electron chi connectivity index (χ4n) is 6.11. The van der Waals surface area contributed by atoms with Crippen molar-refractivity contribution in [3.8, 4) is 0 Å². The average molecular weight is 533 g/mol. The number of piperidine rings is 1. The molecule has 1 aliphatic rings. The van der Waals surface area contributed by atoms with Crippen LogP contribution in [-0.4, -0.2) is 24.2 Å². The maximum atomic E-state index is 13.3. The van der Waals surface area contributed by atoms with Gasteiger partial charge in [0.2, 0.25) is 0 Å². The van der Waals surface area contributed by atoms with Gasteiger partial charge >= 0.3 is 0 Å². The number of halogens is 1. The lowest BCUT2D eigenvalue weighted by Crippen LogP contribution is -2.29. The van der Waals surface area contributed by atoms with Gasteiger partial charge in [-0.3, -0.25) is 4.79 Å². The molecule has 0 unspecified atom stereocenters. The number of aryl methyl sites for hydroxylation is 2. The van der Waals surface area contributed by atoms with E-state index in [0.29, 0.717) is 11.8 Å². The van der Waals surface area contributed by atoms with Crippen molar-refractivity contribution in [3.63, 3.8) is 0 Å². The Morgan fingerprint density at radius 1 is 0.800 bits per heavy atom. The minimum Gasteiger partial charge on any atom is -0.371 e. The van der Waals surface area contributed by atoms with Gasteiger partial charge in [0.1, 0.15) is 0 Å². The third-order valence-corrected chi connectivity index (χ3v) is 8.36. The van der Waals surface area contributed by atoms with Crippen LogP contribution < -0.4 is 4.90 Å². The molecule has 4 aromatic carbocycles. The van der Waals surface area contributed by atoms with Crippen molar-refractivity contribution in [3.05, 3.63) is 53.1 Å². The van der Waals surface area contributed by atoms with Gasteiger partial charge in [0.05, 0.1) is 0 Å². The van der Waals surface area contributed by atoms with Gasteiger partial charge < -0.3 is 4.90 Å². The Morgan fingerprint density at radius 3 is 2.00 bits per heavy atom. The summed E-state index contributed by atoms with van der Waals surface area (Å²) in [5.74, 6) is 0.250. The van der Waals surface area contributed by atoms with Gasteiger partial charge in [-0.15, -0.1) is 0 Å². The molecule has 0 radical (unpaired) electrons. The van der Waals surface area contributed by atoms with E-state index in [1.54, 1.807) is 0 Å². The second-order valence-electron chi connectivity index (χ2n) is 10.3. The van der Waals surface area contributed by atoms with Crippen molar-refractivity contribution < 1.29 is 4.79 Å². The summed E-state index contributed by atoms with van der Waals surface area (Å²) >= 11 is 3.50. The Morgan fingerprint density at radius 2 is 1.37 bits per heavy atom. The van der Waals surface area contributed by atoms with Gasteiger partial charge in [-0.05, 0) is 95.1 Å². The van der Waals surface area contributed by atoms with Crippen LogP contribution in [0, 0.1) is 0 Å². The molecule has 35 heavy (non-hydrogen) atoms. The van der Waals surface area contributed by atoms with Crippen molar-refractivity contribution in [2.75, 3.05) is 23.3 Å². The van der Waals surface area contributed by atoms with Crippen LogP contribution in [0.4, 0.5) is 5.69 Å². The molecule has 5 rings (SSSR count). The number of anilines is 1. The summed E-state index contributed by atoms with van der Waals surface area (Å²) in [5.41, 5.74) is 5.13. The van der Waals surface area contributed by atoms with E-state index in [4.69, 9.17) is 0 Å². The van der Waals surface area contributed by atoms with E-state index in [0.717, 1.165) is 49.7 Å². The monoisotopic (exact) mass is 531 g/mol. The van der Waals surface area contributed by atoms with Crippen molar-refractivity contribution in [1.82, 2.24) is 0 Å². The largest absolute Gasteiger partial charge is 0.371 e. The summed E-state index contributed by atoms with van der Waals surface area (Å²) in [6, 6.07) is 14.0. The predicted molar refractivity (Wildman–Crippen MR) is 156 cm³/mol. The molecule has 4 aromatic rings. The van der Waals surface area contributed by atoms with Gasteiger partial charge in [-0.25, -0.2) is 0 Å². The van der Waals surface area contributed by atoms with Crippen molar-refractivity contribution in [2.24, 2.45) is 0 Å². The van der Waals surface area contributed by atoms with Crippen LogP contribution in [-0.2, 0) is 12.8 Å². The van der Waals surface area contributed by atoms with Gasteiger partial charge in [0, 0.05) is 41.5 Å². The smallest absolute Gasteiger partial charge is 0.164 e. The summed E-state index contributed by atoms with van der Waals surface area (Å²) < 4.78 is 0. The van der Waals surface area contributed by atoms with E-state index in [2.05, 4.69) is 71.1 Å². The van der Waals surface area contributed by atoms with Crippen LogP contribution in [0.2, 0.25) is 0 Å². The van der Waals surface area contributed by atoms with E-state index in [-0.39, 0.29) is 5.78 Å². The van der Waals surface area contributed by atoms with Gasteiger partial charge in [0.15, 0.2) is 5.78 Å². The summed E-state index contributed by atoms with van der Waals surface area (Å²) in [6.07, 6.45) is 11.3. The van der Waals surface area contributed by atoms with Gasteiger partial charge in [0.25, 0.3) is 0 Å². The van der Waals surface area contributed by atoms with Crippen LogP contribution in [0.1, 0.15) is 86.7 Å². The number of hydrogen-bond acceptors (Lipinski definition) is 2. The Labute approximate surface area is 218 Å². The molecule has 2 nitrogen and oxygen atoms in total. The van der Waals surface area contributed by atoms with Crippen molar-refractivity contribution >= 4 is 59.7 Å². The van der Waals surface area contributed by atoms with E-state index in [9.17, 15) is 4.79 Å². The summed E-state index contributed by atoms with van der Waals surface area (Å²) in [4.78, 5) is 15.9. The number of carbonyl (C=O) groups is 1. The average Bonchev–Trinajstić information content (AvgIpc) is 2.90. The topological polar surface area (TPSA) is 20.3 Å². The van der Waals surface area contributed by atoms with Crippen LogP contribution in [0.15, 0.2) is 36.4 Å². The first-order chi connectivity index (χ1) is 17.2. The van der Waals surface area contributed by atoms with Gasteiger partial charge in [-0.1, -0.05) is 66.9 Å². The lowest BCUT2D eigenvalue weighted by atomic mass is 9.84. The fraction of sp³-hybridized carbons (Fsp3) is 0.469. The number of alkyl halides is 1. The fourth-order valence-corrected chi connectivity index (χ4v) is 6.47. The number of ketones is 1. The lowest BCUT2D eigenvalue weighted by Gasteiger charge is -2.31. The molecule has 0 spiro atoms. The molecule has 1 saturated heterocycles. The van der Waals surface area contributed by atoms with Crippen molar-refractivity contribution in [1.29, 1.82) is 0 Å². The molecule has 0 aromatic heterocycles. The first kappa shape index (κ1) is 24.6. The quantitative estimate of drug-likeness (QED) is 0.115. The molecule has 0 atom stereocenters. The molecule has 0 amide bonds. The molecule has 0 N–H and O–H groups in total. The van der Waals surface area contributed by atoms with Crippen molar-refractivity contribution in [2.45, 2.75) is 78.1 Å². The van der Waals surface area contributed by atoms with E-state index >= 15 is 0 Å². The molecule has 0 bridgehead atoms. The van der Waals surface area contributed by atoms with E-state index in [1.165, 1.54) is 75.8 Å². The van der Waals surface area contributed by atoms with Crippen LogP contribution in [0.3, 0.4) is 0 Å². The van der Waals surface area contributed by atoms with Gasteiger partial charge in [-0.2, -0.15) is 0 Å².